The zero-order chi connectivity index (χ0) is 14.7. The Morgan fingerprint density at radius 2 is 1.81 bits per heavy atom. The number of nitrogens with one attached hydrogen (secondary N) is 1. The number of fused-ring (bicyclic) bond motifs is 1. The molecule has 0 amide bonds. The SMILES string of the molecule is N=C(N)c1cccc(COCc2ccc3c(c2)OCO3)c1. The Hall–Kier alpha value is -2.53. The Labute approximate surface area is 122 Å². The second-order valence-corrected chi connectivity index (χ2v) is 4.79. The molecule has 0 fully saturated rings. The average Bonchev–Trinajstić information content (AvgIpc) is 2.95. The fourth-order valence-corrected chi connectivity index (χ4v) is 2.15. The summed E-state index contributed by atoms with van der Waals surface area (Å²) in [5.74, 6) is 1.59. The van der Waals surface area contributed by atoms with Crippen molar-refractivity contribution in [1.82, 2.24) is 0 Å². The Morgan fingerprint density at radius 1 is 1.05 bits per heavy atom. The van der Waals surface area contributed by atoms with E-state index in [1.54, 1.807) is 0 Å². The van der Waals surface area contributed by atoms with Crippen LogP contribution in [0, 0.1) is 5.41 Å². The first kappa shape index (κ1) is 13.5. The summed E-state index contributed by atoms with van der Waals surface area (Å²) in [6, 6.07) is 13.3. The Morgan fingerprint density at radius 3 is 2.62 bits per heavy atom. The highest BCUT2D eigenvalue weighted by molar-refractivity contribution is 5.95. The molecule has 5 heteroatoms. The molecule has 0 aromatic heterocycles. The maximum Gasteiger partial charge on any atom is 0.231 e. The van der Waals surface area contributed by atoms with Crippen molar-refractivity contribution in [2.24, 2.45) is 5.73 Å². The van der Waals surface area contributed by atoms with Gasteiger partial charge in [-0.05, 0) is 29.3 Å². The first-order valence-electron chi connectivity index (χ1n) is 6.62. The molecule has 108 valence electrons. The van der Waals surface area contributed by atoms with Crippen LogP contribution in [0.25, 0.3) is 0 Å². The number of amidine groups is 1. The quantitative estimate of drug-likeness (QED) is 0.653. The van der Waals surface area contributed by atoms with Gasteiger partial charge in [-0.2, -0.15) is 0 Å². The van der Waals surface area contributed by atoms with Crippen molar-refractivity contribution >= 4 is 5.84 Å². The van der Waals surface area contributed by atoms with E-state index < -0.39 is 0 Å². The molecule has 1 aliphatic heterocycles. The number of hydrogen-bond acceptors (Lipinski definition) is 4. The molecule has 0 unspecified atom stereocenters. The summed E-state index contributed by atoms with van der Waals surface area (Å²) in [6.07, 6.45) is 0. The number of ether oxygens (including phenoxy) is 3. The van der Waals surface area contributed by atoms with Gasteiger partial charge in [0.2, 0.25) is 6.79 Å². The van der Waals surface area contributed by atoms with E-state index in [0.29, 0.717) is 18.8 Å². The van der Waals surface area contributed by atoms with E-state index in [1.165, 1.54) is 0 Å². The van der Waals surface area contributed by atoms with Crippen LogP contribution in [0.2, 0.25) is 0 Å². The predicted molar refractivity (Wildman–Crippen MR) is 78.5 cm³/mol. The fraction of sp³-hybridized carbons (Fsp3) is 0.188. The van der Waals surface area contributed by atoms with Gasteiger partial charge in [0.05, 0.1) is 13.2 Å². The smallest absolute Gasteiger partial charge is 0.231 e. The molecular formula is C16H16N2O3. The Bertz CT molecular complexity index is 670. The van der Waals surface area contributed by atoms with Crippen molar-refractivity contribution in [3.05, 3.63) is 59.2 Å². The maximum atomic E-state index is 7.43. The van der Waals surface area contributed by atoms with E-state index in [0.717, 1.165) is 22.6 Å². The minimum absolute atomic E-state index is 0.0626. The lowest BCUT2D eigenvalue weighted by Crippen LogP contribution is -2.11. The highest BCUT2D eigenvalue weighted by Crippen LogP contribution is 2.32. The van der Waals surface area contributed by atoms with Gasteiger partial charge in [-0.25, -0.2) is 0 Å². The largest absolute Gasteiger partial charge is 0.454 e. The van der Waals surface area contributed by atoms with Crippen molar-refractivity contribution in [3.8, 4) is 11.5 Å². The maximum absolute atomic E-state index is 7.43. The van der Waals surface area contributed by atoms with Gasteiger partial charge >= 0.3 is 0 Å². The van der Waals surface area contributed by atoms with Gasteiger partial charge < -0.3 is 19.9 Å². The first-order valence-corrected chi connectivity index (χ1v) is 6.62. The second kappa shape index (κ2) is 5.85. The topological polar surface area (TPSA) is 77.6 Å². The molecule has 0 saturated heterocycles. The van der Waals surface area contributed by atoms with Gasteiger partial charge in [0, 0.05) is 5.56 Å². The summed E-state index contributed by atoms with van der Waals surface area (Å²) in [5, 5.41) is 7.43. The standard InChI is InChI=1S/C16H16N2O3/c17-16(18)13-3-1-2-11(6-13)8-19-9-12-4-5-14-15(7-12)21-10-20-14/h1-7H,8-10H2,(H3,17,18). The zero-order valence-electron chi connectivity index (χ0n) is 11.5. The van der Waals surface area contributed by atoms with Crippen LogP contribution in [0.5, 0.6) is 11.5 Å². The lowest BCUT2D eigenvalue weighted by atomic mass is 10.1. The van der Waals surface area contributed by atoms with Crippen LogP contribution in [-0.2, 0) is 18.0 Å². The van der Waals surface area contributed by atoms with E-state index >= 15 is 0 Å². The Kier molecular flexibility index (Phi) is 3.75. The van der Waals surface area contributed by atoms with Gasteiger partial charge in [-0.15, -0.1) is 0 Å². The van der Waals surface area contributed by atoms with Crippen molar-refractivity contribution in [1.29, 1.82) is 5.41 Å². The van der Waals surface area contributed by atoms with Crippen LogP contribution in [-0.4, -0.2) is 12.6 Å². The van der Waals surface area contributed by atoms with Gasteiger partial charge in [-0.3, -0.25) is 5.41 Å². The van der Waals surface area contributed by atoms with Crippen LogP contribution in [0.1, 0.15) is 16.7 Å². The van der Waals surface area contributed by atoms with E-state index in [2.05, 4.69) is 0 Å². The van der Waals surface area contributed by atoms with Crippen LogP contribution >= 0.6 is 0 Å². The van der Waals surface area contributed by atoms with Crippen molar-refractivity contribution in [2.75, 3.05) is 6.79 Å². The summed E-state index contributed by atoms with van der Waals surface area (Å²) < 4.78 is 16.3. The van der Waals surface area contributed by atoms with Crippen LogP contribution in [0.3, 0.4) is 0 Å². The molecule has 0 aliphatic carbocycles. The lowest BCUT2D eigenvalue weighted by molar-refractivity contribution is 0.107. The van der Waals surface area contributed by atoms with E-state index in [1.807, 2.05) is 42.5 Å². The summed E-state index contributed by atoms with van der Waals surface area (Å²) in [4.78, 5) is 0. The molecule has 0 bridgehead atoms. The number of nitrogen functional groups attached to an aromatic ring is 1. The molecule has 0 radical (unpaired) electrons. The molecule has 5 nitrogen and oxygen atoms in total. The summed E-state index contributed by atoms with van der Waals surface area (Å²) in [7, 11) is 0. The normalized spacial score (nSPS) is 12.4. The molecule has 0 atom stereocenters. The number of nitrogens with two attached hydrogens (primary N) is 1. The molecule has 3 N–H and O–H groups in total. The molecule has 1 heterocycles. The number of hydrogen-bond donors (Lipinski definition) is 2. The zero-order valence-corrected chi connectivity index (χ0v) is 11.5. The number of benzene rings is 2. The molecule has 0 saturated carbocycles. The average molecular weight is 284 g/mol. The summed E-state index contributed by atoms with van der Waals surface area (Å²) in [5.41, 5.74) is 8.20. The third-order valence-electron chi connectivity index (χ3n) is 3.21. The Balaban J connectivity index is 1.59. The molecule has 1 aliphatic rings. The molecule has 0 spiro atoms. The molecule has 21 heavy (non-hydrogen) atoms. The van der Waals surface area contributed by atoms with Gasteiger partial charge in [0.1, 0.15) is 5.84 Å². The lowest BCUT2D eigenvalue weighted by Gasteiger charge is -2.07. The van der Waals surface area contributed by atoms with Gasteiger partial charge in [0.25, 0.3) is 0 Å². The van der Waals surface area contributed by atoms with E-state index in [4.69, 9.17) is 25.4 Å². The minimum atomic E-state index is 0.0626. The molecular weight excluding hydrogens is 268 g/mol. The summed E-state index contributed by atoms with van der Waals surface area (Å²) in [6.45, 7) is 1.23. The van der Waals surface area contributed by atoms with Gasteiger partial charge in [0.15, 0.2) is 11.5 Å². The molecule has 2 aromatic carbocycles. The fourth-order valence-electron chi connectivity index (χ4n) is 2.15. The van der Waals surface area contributed by atoms with Crippen LogP contribution in [0.4, 0.5) is 0 Å². The predicted octanol–water partition coefficient (Wildman–Crippen LogP) is 2.42. The van der Waals surface area contributed by atoms with Crippen molar-refractivity contribution < 1.29 is 14.2 Å². The first-order chi connectivity index (χ1) is 10.2. The van der Waals surface area contributed by atoms with Crippen molar-refractivity contribution in [3.63, 3.8) is 0 Å². The molecule has 2 aromatic rings. The van der Waals surface area contributed by atoms with Gasteiger partial charge in [-0.1, -0.05) is 24.3 Å². The monoisotopic (exact) mass is 284 g/mol. The van der Waals surface area contributed by atoms with Crippen molar-refractivity contribution in [2.45, 2.75) is 13.2 Å². The third kappa shape index (κ3) is 3.14. The van der Waals surface area contributed by atoms with E-state index in [9.17, 15) is 0 Å². The highest BCUT2D eigenvalue weighted by atomic mass is 16.7. The third-order valence-corrected chi connectivity index (χ3v) is 3.21. The summed E-state index contributed by atoms with van der Waals surface area (Å²) >= 11 is 0. The molecule has 3 rings (SSSR count). The van der Waals surface area contributed by atoms with Crippen LogP contribution < -0.4 is 15.2 Å². The highest BCUT2D eigenvalue weighted by Gasteiger charge is 2.13. The second-order valence-electron chi connectivity index (χ2n) is 4.79. The number of rotatable bonds is 5. The van der Waals surface area contributed by atoms with Crippen LogP contribution in [0.15, 0.2) is 42.5 Å². The van der Waals surface area contributed by atoms with E-state index in [-0.39, 0.29) is 12.6 Å². The minimum Gasteiger partial charge on any atom is -0.454 e.